The second-order valence-corrected chi connectivity index (χ2v) is 5.73. The predicted molar refractivity (Wildman–Crippen MR) is 92.2 cm³/mol. The molecule has 5 nitrogen and oxygen atoms in total. The summed E-state index contributed by atoms with van der Waals surface area (Å²) in [6.07, 6.45) is 3.31. The van der Waals surface area contributed by atoms with E-state index in [4.69, 9.17) is 32.9 Å². The van der Waals surface area contributed by atoms with Gasteiger partial charge in [0.25, 0.3) is 5.88 Å². The van der Waals surface area contributed by atoms with Crippen molar-refractivity contribution >= 4 is 35.3 Å². The molecule has 120 valence electrons. The van der Waals surface area contributed by atoms with Crippen LogP contribution in [0.5, 0.6) is 0 Å². The molecule has 0 fully saturated rings. The number of hydrogen-bond donors (Lipinski definition) is 1. The minimum Gasteiger partial charge on any atom is -0.422 e. The molecule has 0 bridgehead atoms. The van der Waals surface area contributed by atoms with Crippen molar-refractivity contribution in [1.29, 1.82) is 5.26 Å². The van der Waals surface area contributed by atoms with Gasteiger partial charge < -0.3 is 4.42 Å². The van der Waals surface area contributed by atoms with Gasteiger partial charge in [-0.25, -0.2) is 10.4 Å². The molecular formula is C16H16Cl2N4O. The average Bonchev–Trinajstić information content (AvgIpc) is 2.94. The van der Waals surface area contributed by atoms with Crippen LogP contribution < -0.4 is 5.43 Å². The Balaban J connectivity index is 2.16. The van der Waals surface area contributed by atoms with Crippen molar-refractivity contribution in [2.45, 2.75) is 32.6 Å². The number of nitrogens with zero attached hydrogens (tertiary/aromatic N) is 3. The Morgan fingerprint density at radius 2 is 2.13 bits per heavy atom. The number of hydrogen-bond acceptors (Lipinski definition) is 5. The largest absolute Gasteiger partial charge is 0.422 e. The molecule has 0 spiro atoms. The summed E-state index contributed by atoms with van der Waals surface area (Å²) in [4.78, 5) is 4.22. The first kappa shape index (κ1) is 17.3. The van der Waals surface area contributed by atoms with E-state index in [1.807, 2.05) is 6.07 Å². The Hall–Kier alpha value is -2.03. The highest BCUT2D eigenvalue weighted by molar-refractivity contribution is 6.36. The van der Waals surface area contributed by atoms with Crippen molar-refractivity contribution in [3.8, 4) is 6.07 Å². The van der Waals surface area contributed by atoms with Gasteiger partial charge in [0.05, 0.1) is 11.2 Å². The van der Waals surface area contributed by atoms with Crippen LogP contribution in [0.3, 0.4) is 0 Å². The number of benzene rings is 1. The highest BCUT2D eigenvalue weighted by Crippen LogP contribution is 2.27. The Morgan fingerprint density at radius 1 is 1.39 bits per heavy atom. The Morgan fingerprint density at radius 3 is 2.74 bits per heavy atom. The fraction of sp³-hybridized carbons (Fsp3) is 0.312. The van der Waals surface area contributed by atoms with Gasteiger partial charge in [-0.15, -0.1) is 0 Å². The van der Waals surface area contributed by atoms with Crippen molar-refractivity contribution in [3.05, 3.63) is 45.4 Å². The quantitative estimate of drug-likeness (QED) is 0.573. The fourth-order valence-electron chi connectivity index (χ4n) is 2.07. The lowest BCUT2D eigenvalue weighted by Gasteiger charge is -2.05. The van der Waals surface area contributed by atoms with E-state index in [0.29, 0.717) is 21.5 Å². The first-order valence-electron chi connectivity index (χ1n) is 7.23. The molecule has 23 heavy (non-hydrogen) atoms. The molecule has 0 aliphatic rings. The van der Waals surface area contributed by atoms with Crippen LogP contribution >= 0.6 is 23.2 Å². The van der Waals surface area contributed by atoms with Gasteiger partial charge in [0.1, 0.15) is 6.07 Å². The zero-order valence-electron chi connectivity index (χ0n) is 12.8. The van der Waals surface area contributed by atoms with Crippen molar-refractivity contribution in [3.63, 3.8) is 0 Å². The highest BCUT2D eigenvalue weighted by Gasteiger charge is 2.18. The van der Waals surface area contributed by atoms with E-state index in [0.717, 1.165) is 12.8 Å². The minimum absolute atomic E-state index is 0.186. The number of aromatic nitrogens is 1. The molecule has 1 N–H and O–H groups in total. The summed E-state index contributed by atoms with van der Waals surface area (Å²) in [6.45, 7) is 4.11. The van der Waals surface area contributed by atoms with Crippen LogP contribution in [-0.4, -0.2) is 11.2 Å². The second kappa shape index (κ2) is 8.00. The van der Waals surface area contributed by atoms with E-state index in [1.165, 1.54) is 6.21 Å². The van der Waals surface area contributed by atoms with Gasteiger partial charge >= 0.3 is 0 Å². The van der Waals surface area contributed by atoms with Crippen molar-refractivity contribution in [2.75, 3.05) is 5.43 Å². The Bertz CT molecular complexity index is 745. The number of rotatable bonds is 6. The van der Waals surface area contributed by atoms with E-state index in [1.54, 1.807) is 18.2 Å². The van der Waals surface area contributed by atoms with Gasteiger partial charge in [-0.05, 0) is 25.0 Å². The summed E-state index contributed by atoms with van der Waals surface area (Å²) in [7, 11) is 0. The summed E-state index contributed by atoms with van der Waals surface area (Å²) in [6, 6.07) is 7.10. The van der Waals surface area contributed by atoms with Crippen LogP contribution in [0.2, 0.25) is 10.0 Å². The van der Waals surface area contributed by atoms with E-state index < -0.39 is 0 Å². The number of anilines is 1. The third kappa shape index (κ3) is 4.25. The van der Waals surface area contributed by atoms with Crippen LogP contribution in [0.25, 0.3) is 0 Å². The maximum atomic E-state index is 9.15. The van der Waals surface area contributed by atoms with Gasteiger partial charge in [-0.3, -0.25) is 0 Å². The highest BCUT2D eigenvalue weighted by atomic mass is 35.5. The van der Waals surface area contributed by atoms with E-state index in [9.17, 15) is 0 Å². The zero-order valence-corrected chi connectivity index (χ0v) is 14.3. The fourth-order valence-corrected chi connectivity index (χ4v) is 2.52. The predicted octanol–water partition coefficient (Wildman–Crippen LogP) is 5.20. The zero-order chi connectivity index (χ0) is 16.8. The smallest absolute Gasteiger partial charge is 0.252 e. The molecular weight excluding hydrogens is 335 g/mol. The monoisotopic (exact) mass is 350 g/mol. The Labute approximate surface area is 144 Å². The summed E-state index contributed by atoms with van der Waals surface area (Å²) in [5, 5.41) is 14.2. The molecule has 1 heterocycles. The standard InChI is InChI=1S/C16H16Cl2N4O/c1-3-10(4-2)15-21-14(8-19)16(23-15)22-20-9-11-5-6-12(17)7-13(11)18/h5-7,9-10,22H,3-4H2,1-2H3/b20-9+. The van der Waals surface area contributed by atoms with Crippen LogP contribution in [0, 0.1) is 11.3 Å². The molecule has 0 aliphatic heterocycles. The molecule has 2 aromatic rings. The van der Waals surface area contributed by atoms with Crippen molar-refractivity contribution < 1.29 is 4.42 Å². The van der Waals surface area contributed by atoms with Crippen molar-refractivity contribution in [2.24, 2.45) is 5.10 Å². The topological polar surface area (TPSA) is 74.2 Å². The van der Waals surface area contributed by atoms with E-state index in [-0.39, 0.29) is 17.5 Å². The molecule has 0 unspecified atom stereocenters. The molecule has 1 aromatic carbocycles. The van der Waals surface area contributed by atoms with Crippen LogP contribution in [0.15, 0.2) is 27.7 Å². The maximum absolute atomic E-state index is 9.15. The lowest BCUT2D eigenvalue weighted by molar-refractivity contribution is 0.439. The van der Waals surface area contributed by atoms with E-state index in [2.05, 4.69) is 29.4 Å². The van der Waals surface area contributed by atoms with Gasteiger partial charge in [-0.2, -0.15) is 10.4 Å². The number of hydrazone groups is 1. The SMILES string of the molecule is CCC(CC)c1nc(C#N)c(N/N=C/c2ccc(Cl)cc2Cl)o1. The number of nitriles is 1. The summed E-state index contributed by atoms with van der Waals surface area (Å²) in [5.41, 5.74) is 3.59. The third-order valence-corrected chi connectivity index (χ3v) is 3.98. The number of nitrogens with one attached hydrogen (secondary N) is 1. The average molecular weight is 351 g/mol. The van der Waals surface area contributed by atoms with Crippen LogP contribution in [-0.2, 0) is 0 Å². The van der Waals surface area contributed by atoms with E-state index >= 15 is 0 Å². The van der Waals surface area contributed by atoms with Gasteiger partial charge in [0.2, 0.25) is 11.6 Å². The second-order valence-electron chi connectivity index (χ2n) is 4.89. The Kier molecular flexibility index (Phi) is 6.03. The molecule has 2 rings (SSSR count). The maximum Gasteiger partial charge on any atom is 0.252 e. The molecule has 0 amide bonds. The number of oxazole rings is 1. The lowest BCUT2D eigenvalue weighted by Crippen LogP contribution is -1.95. The third-order valence-electron chi connectivity index (χ3n) is 3.42. The molecule has 0 saturated carbocycles. The van der Waals surface area contributed by atoms with Gasteiger partial charge in [0.15, 0.2) is 0 Å². The minimum atomic E-state index is 0.186. The first-order chi connectivity index (χ1) is 11.1. The first-order valence-corrected chi connectivity index (χ1v) is 7.99. The summed E-state index contributed by atoms with van der Waals surface area (Å²) >= 11 is 11.9. The normalized spacial score (nSPS) is 11.1. The molecule has 7 heteroatoms. The molecule has 0 atom stereocenters. The van der Waals surface area contributed by atoms with Crippen molar-refractivity contribution in [1.82, 2.24) is 4.98 Å². The molecule has 0 saturated heterocycles. The molecule has 0 radical (unpaired) electrons. The summed E-state index contributed by atoms with van der Waals surface area (Å²) in [5.74, 6) is 0.969. The summed E-state index contributed by atoms with van der Waals surface area (Å²) < 4.78 is 5.62. The molecule has 1 aromatic heterocycles. The molecule has 0 aliphatic carbocycles. The number of halogens is 2. The van der Waals surface area contributed by atoms with Gasteiger partial charge in [-0.1, -0.05) is 43.1 Å². The lowest BCUT2D eigenvalue weighted by atomic mass is 10.0. The van der Waals surface area contributed by atoms with Gasteiger partial charge in [0, 0.05) is 16.5 Å². The van der Waals surface area contributed by atoms with Crippen LogP contribution in [0.1, 0.15) is 49.8 Å². The van der Waals surface area contributed by atoms with Crippen LogP contribution in [0.4, 0.5) is 5.88 Å².